The van der Waals surface area contributed by atoms with E-state index in [2.05, 4.69) is 0 Å². The molecule has 0 radical (unpaired) electrons. The Balaban J connectivity index is 0.00000289. The third-order valence-electron chi connectivity index (χ3n) is 1.99. The molecule has 8 nitrogen and oxygen atoms in total. The molecule has 6 N–H and O–H groups in total. The predicted octanol–water partition coefficient (Wildman–Crippen LogP) is -4.39. The van der Waals surface area contributed by atoms with Crippen molar-refractivity contribution in [3.05, 3.63) is 23.8 Å². The van der Waals surface area contributed by atoms with E-state index in [1.807, 2.05) is 0 Å². The minimum absolute atomic E-state index is 0. The van der Waals surface area contributed by atoms with Gasteiger partial charge in [-0.1, -0.05) is 6.07 Å². The molecule has 1 aromatic rings. The first-order chi connectivity index (χ1) is 7.53. The second kappa shape index (κ2) is 6.15. The van der Waals surface area contributed by atoms with Crippen molar-refractivity contribution in [3.63, 3.8) is 0 Å². The zero-order valence-corrected chi connectivity index (χ0v) is 13.1. The molecular weight excluding hydrogens is 295 g/mol. The fourth-order valence-electron chi connectivity index (χ4n) is 1.15. The van der Waals surface area contributed by atoms with Crippen molar-refractivity contribution in [1.29, 1.82) is 0 Å². The van der Waals surface area contributed by atoms with E-state index in [4.69, 9.17) is 20.4 Å². The van der Waals surface area contributed by atoms with Crippen molar-refractivity contribution in [3.8, 4) is 0 Å². The summed E-state index contributed by atoms with van der Waals surface area (Å²) in [7, 11) is -9.54. The van der Waals surface area contributed by atoms with Crippen LogP contribution in [0.3, 0.4) is 0 Å². The van der Waals surface area contributed by atoms with E-state index in [0.717, 1.165) is 18.2 Å². The number of hydrogen-bond donors (Lipinski definition) is 5. The molecule has 0 saturated carbocycles. The third kappa shape index (κ3) is 4.43. The van der Waals surface area contributed by atoms with Crippen LogP contribution in [0.1, 0.15) is 11.4 Å². The third-order valence-corrected chi connectivity index (χ3v) is 3.84. The Morgan fingerprint density at radius 3 is 2.06 bits per heavy atom. The SMILES string of the molecule is Nc1cc(P(=O)([O-])O)ccc1C(O)P(=O)(O)O.[Na+]. The van der Waals surface area contributed by atoms with Gasteiger partial charge < -0.3 is 35.0 Å². The molecular formula is C7H10NNaO7P2. The first-order valence-corrected chi connectivity index (χ1v) is 7.46. The fourth-order valence-corrected chi connectivity index (χ4v) is 2.32. The largest absolute Gasteiger partial charge is 1.00 e. The van der Waals surface area contributed by atoms with Gasteiger partial charge in [-0.05, 0) is 12.1 Å². The van der Waals surface area contributed by atoms with Gasteiger partial charge in [0.1, 0.15) is 0 Å². The van der Waals surface area contributed by atoms with E-state index in [-0.39, 0.29) is 40.8 Å². The molecule has 0 bridgehead atoms. The minimum atomic E-state index is -4.80. The van der Waals surface area contributed by atoms with E-state index in [9.17, 15) is 19.1 Å². The monoisotopic (exact) mass is 305 g/mol. The topological polar surface area (TPSA) is 164 Å². The Kier molecular flexibility index (Phi) is 6.25. The van der Waals surface area contributed by atoms with E-state index >= 15 is 0 Å². The van der Waals surface area contributed by atoms with Gasteiger partial charge >= 0.3 is 37.2 Å². The van der Waals surface area contributed by atoms with Crippen LogP contribution in [0, 0.1) is 0 Å². The van der Waals surface area contributed by atoms with Gasteiger partial charge in [-0.15, -0.1) is 0 Å². The van der Waals surface area contributed by atoms with E-state index in [1.54, 1.807) is 0 Å². The van der Waals surface area contributed by atoms with Crippen LogP contribution in [-0.2, 0) is 9.13 Å². The number of benzene rings is 1. The molecule has 0 aliphatic rings. The summed E-state index contributed by atoms with van der Waals surface area (Å²) in [5.74, 6) is -2.14. The molecule has 0 heterocycles. The van der Waals surface area contributed by atoms with Crippen molar-refractivity contribution in [2.24, 2.45) is 0 Å². The number of nitrogen functional groups attached to an aromatic ring is 1. The molecule has 0 amide bonds. The van der Waals surface area contributed by atoms with Gasteiger partial charge in [0.15, 0.2) is 13.4 Å². The maximum absolute atomic E-state index is 10.8. The number of nitrogens with two attached hydrogens (primary N) is 1. The van der Waals surface area contributed by atoms with Crippen LogP contribution in [0.4, 0.5) is 5.69 Å². The molecule has 18 heavy (non-hydrogen) atoms. The van der Waals surface area contributed by atoms with E-state index in [1.165, 1.54) is 0 Å². The molecule has 2 unspecified atom stereocenters. The van der Waals surface area contributed by atoms with Crippen LogP contribution >= 0.6 is 15.2 Å². The summed E-state index contributed by atoms with van der Waals surface area (Å²) in [4.78, 5) is 37.0. The van der Waals surface area contributed by atoms with Crippen molar-refractivity contribution in [1.82, 2.24) is 0 Å². The van der Waals surface area contributed by atoms with Crippen LogP contribution in [0.5, 0.6) is 0 Å². The Hall–Kier alpha value is 0.280. The molecule has 0 fully saturated rings. The summed E-state index contributed by atoms with van der Waals surface area (Å²) < 4.78 is 21.6. The van der Waals surface area contributed by atoms with Crippen molar-refractivity contribution in [2.75, 3.05) is 5.73 Å². The summed E-state index contributed by atoms with van der Waals surface area (Å²) in [6.45, 7) is 0. The predicted molar refractivity (Wildman–Crippen MR) is 57.3 cm³/mol. The molecule has 1 rings (SSSR count). The van der Waals surface area contributed by atoms with Crippen molar-refractivity contribution < 1.29 is 63.4 Å². The Morgan fingerprint density at radius 1 is 1.22 bits per heavy atom. The van der Waals surface area contributed by atoms with E-state index in [0.29, 0.717) is 0 Å². The molecule has 0 aliphatic carbocycles. The van der Waals surface area contributed by atoms with Crippen LogP contribution in [0.15, 0.2) is 18.2 Å². The molecule has 0 spiro atoms. The zero-order chi connectivity index (χ0) is 13.4. The van der Waals surface area contributed by atoms with E-state index < -0.39 is 26.3 Å². The number of rotatable bonds is 3. The number of hydrogen-bond acceptors (Lipinski definition) is 5. The standard InChI is InChI=1S/C7H11NO7P2.Na/c8-6-3-4(16(10,11)12)1-2-5(6)7(9)17(13,14)15;/h1-3,7,9H,8H2,(H2,10,11,12)(H2,13,14,15);/q;+1/p-1. The summed E-state index contributed by atoms with van der Waals surface area (Å²) in [5, 5.41) is 8.78. The fraction of sp³-hybridized carbons (Fsp3) is 0.143. The Labute approximate surface area is 124 Å². The molecule has 1 aromatic carbocycles. The smallest absolute Gasteiger partial charge is 0.775 e. The maximum atomic E-state index is 10.8. The first-order valence-electron chi connectivity index (χ1n) is 4.20. The Morgan fingerprint density at radius 2 is 1.72 bits per heavy atom. The van der Waals surface area contributed by atoms with Crippen LogP contribution < -0.4 is 45.5 Å². The molecule has 0 saturated heterocycles. The van der Waals surface area contributed by atoms with Gasteiger partial charge in [0.05, 0.1) is 0 Å². The second-order valence-corrected chi connectivity index (χ2v) is 6.52. The number of aliphatic hydroxyl groups excluding tert-OH is 1. The minimum Gasteiger partial charge on any atom is -0.775 e. The molecule has 11 heteroatoms. The van der Waals surface area contributed by atoms with Gasteiger partial charge in [-0.3, -0.25) is 4.57 Å². The van der Waals surface area contributed by atoms with Gasteiger partial charge in [0.2, 0.25) is 0 Å². The first kappa shape index (κ1) is 18.3. The summed E-state index contributed by atoms with van der Waals surface area (Å²) in [6, 6.07) is 2.62. The zero-order valence-electron chi connectivity index (χ0n) is 9.29. The molecule has 0 aromatic heterocycles. The average Bonchev–Trinajstić information content (AvgIpc) is 2.13. The van der Waals surface area contributed by atoms with Crippen LogP contribution in [0.2, 0.25) is 0 Å². The summed E-state index contributed by atoms with van der Waals surface area (Å²) in [5.41, 5.74) is 4.69. The van der Waals surface area contributed by atoms with Gasteiger partial charge in [-0.2, -0.15) is 0 Å². The van der Waals surface area contributed by atoms with Crippen molar-refractivity contribution >= 4 is 26.2 Å². The molecule has 96 valence electrons. The summed E-state index contributed by atoms with van der Waals surface area (Å²) >= 11 is 0. The normalized spacial score (nSPS) is 16.5. The van der Waals surface area contributed by atoms with Crippen LogP contribution in [0.25, 0.3) is 0 Å². The van der Waals surface area contributed by atoms with Crippen molar-refractivity contribution in [2.45, 2.75) is 5.85 Å². The van der Waals surface area contributed by atoms with Crippen LogP contribution in [-0.4, -0.2) is 19.8 Å². The second-order valence-electron chi connectivity index (χ2n) is 3.30. The molecule has 0 aliphatic heterocycles. The van der Waals surface area contributed by atoms with Gasteiger partial charge in [-0.25, -0.2) is 0 Å². The molecule has 2 atom stereocenters. The number of anilines is 1. The quantitative estimate of drug-likeness (QED) is 0.212. The summed E-state index contributed by atoms with van der Waals surface area (Å²) in [6.07, 6.45) is 0. The number of aliphatic hydroxyl groups is 1. The van der Waals surface area contributed by atoms with Gasteiger partial charge in [0.25, 0.3) is 0 Å². The maximum Gasteiger partial charge on any atom is 1.00 e. The average molecular weight is 305 g/mol. The van der Waals surface area contributed by atoms with Gasteiger partial charge in [0, 0.05) is 16.6 Å². The Bertz CT molecular complexity index is 525.